The van der Waals surface area contributed by atoms with Crippen molar-refractivity contribution in [2.24, 2.45) is 0 Å². The first-order chi connectivity index (χ1) is 27.3. The lowest BCUT2D eigenvalue weighted by Crippen LogP contribution is -2.14. The fourth-order valence-electron chi connectivity index (χ4n) is 6.56. The first-order valence-electron chi connectivity index (χ1n) is 19.3. The normalized spacial score (nSPS) is 17.6. The quantitative estimate of drug-likeness (QED) is 0.0588. The third-order valence-corrected chi connectivity index (χ3v) is 14.5. The molecule has 0 aliphatic carbocycles. The highest BCUT2D eigenvalue weighted by molar-refractivity contribution is 7.86. The number of fused-ring (bicyclic) bond motifs is 2. The molecule has 2 atom stereocenters. The molecule has 12 nitrogen and oxygen atoms in total. The summed E-state index contributed by atoms with van der Waals surface area (Å²) in [5.74, 6) is 3.03. The molecule has 2 unspecified atom stereocenters. The van der Waals surface area contributed by atoms with E-state index in [1.165, 1.54) is 0 Å². The molecule has 2 aliphatic heterocycles. The largest absolute Gasteiger partial charge is 0.487 e. The van der Waals surface area contributed by atoms with Crippen LogP contribution in [0.1, 0.15) is 49.9 Å². The molecule has 6 rings (SSSR count). The zero-order chi connectivity index (χ0) is 39.7. The molecule has 56 heavy (non-hydrogen) atoms. The Hall–Kier alpha value is -3.70. The molecular weight excluding hydrogens is 758 g/mol. The van der Waals surface area contributed by atoms with Crippen molar-refractivity contribution in [3.8, 4) is 34.5 Å². The molecule has 0 fully saturated rings. The minimum Gasteiger partial charge on any atom is -0.487 e. The van der Waals surface area contributed by atoms with Gasteiger partial charge in [0.2, 0.25) is 0 Å². The van der Waals surface area contributed by atoms with Crippen molar-refractivity contribution in [1.29, 1.82) is 0 Å². The second-order valence-corrected chi connectivity index (χ2v) is 17.7. The Balaban J connectivity index is 0.955. The molecule has 14 heteroatoms. The average Bonchev–Trinajstić information content (AvgIpc) is 4.07. The van der Waals surface area contributed by atoms with Crippen LogP contribution in [0.15, 0.2) is 60.7 Å². The molecule has 0 radical (unpaired) electrons. The molecule has 0 bridgehead atoms. The predicted octanol–water partition coefficient (Wildman–Crippen LogP) is 6.11. The molecule has 0 saturated heterocycles. The van der Waals surface area contributed by atoms with Gasteiger partial charge < -0.3 is 47.7 Å². The van der Waals surface area contributed by atoms with Crippen LogP contribution in [-0.4, -0.2) is 76.3 Å². The fraction of sp³-hybridized carbons (Fsp3) is 0.429. The fourth-order valence-corrected chi connectivity index (χ4v) is 11.7. The van der Waals surface area contributed by atoms with E-state index in [4.69, 9.17) is 37.5 Å². The molecule has 2 N–H and O–H groups in total. The zero-order valence-electron chi connectivity index (χ0n) is 32.5. The first kappa shape index (κ1) is 41.9. The smallest absolute Gasteiger partial charge is 0.267 e. The van der Waals surface area contributed by atoms with Crippen LogP contribution in [0.25, 0.3) is 0 Å². The Bertz CT molecular complexity index is 1940. The summed E-state index contributed by atoms with van der Waals surface area (Å²) < 4.78 is 74.6. The van der Waals surface area contributed by atoms with Crippen molar-refractivity contribution in [3.05, 3.63) is 82.9 Å². The van der Waals surface area contributed by atoms with E-state index < -0.39 is 14.7 Å². The highest BCUT2D eigenvalue weighted by Gasteiger charge is 2.54. The summed E-state index contributed by atoms with van der Waals surface area (Å²) in [7, 11) is -6.34. The van der Waals surface area contributed by atoms with E-state index in [1.54, 1.807) is 0 Å². The molecule has 0 spiro atoms. The Kier molecular flexibility index (Phi) is 14.3. The van der Waals surface area contributed by atoms with E-state index in [9.17, 15) is 19.3 Å². The molecule has 2 heterocycles. The maximum atomic E-state index is 13.6. The van der Waals surface area contributed by atoms with Gasteiger partial charge in [-0.3, -0.25) is 9.13 Å². The van der Waals surface area contributed by atoms with Crippen LogP contribution >= 0.6 is 14.7 Å². The summed E-state index contributed by atoms with van der Waals surface area (Å²) in [6.45, 7) is 9.59. The standard InChI is InChI=1S/C42H52O12P2/c1-5-29-9-13-33(37(27-29)53-35-15-11-31(7-3)39-41(35)55(39,45)51-19-17-43)49-25-23-47-21-22-48-24-26-50-34-14-10-30(6-2)28-38(34)54-36-16-12-32(8-4)40-42(36)56(40,46)52-20-18-44/h9-16,27-28,43-44H,5-8,17-26H2,1-4H3. The maximum Gasteiger partial charge on any atom is 0.267 e. The number of ether oxygens (including phenoxy) is 6. The number of aliphatic hydroxyl groups is 2. The number of benzene rings is 4. The summed E-state index contributed by atoms with van der Waals surface area (Å²) in [6.07, 6.45) is 3.03. The van der Waals surface area contributed by atoms with Crippen LogP contribution in [-0.2, 0) is 53.3 Å². The van der Waals surface area contributed by atoms with Gasteiger partial charge in [-0.15, -0.1) is 0 Å². The van der Waals surface area contributed by atoms with E-state index in [2.05, 4.69) is 13.8 Å². The third kappa shape index (κ3) is 9.20. The summed E-state index contributed by atoms with van der Waals surface area (Å²) in [6, 6.07) is 19.0. The second kappa shape index (κ2) is 19.2. The van der Waals surface area contributed by atoms with Gasteiger partial charge in [-0.1, -0.05) is 52.0 Å². The molecule has 2 aliphatic rings. The molecule has 4 aromatic carbocycles. The molecule has 0 amide bonds. The lowest BCUT2D eigenvalue weighted by molar-refractivity contribution is 0.0270. The topological polar surface area (TPSA) is 148 Å². The third-order valence-electron chi connectivity index (χ3n) is 9.58. The van der Waals surface area contributed by atoms with Crippen LogP contribution in [0.5, 0.6) is 34.5 Å². The summed E-state index contributed by atoms with van der Waals surface area (Å²) in [5.41, 5.74) is 4.03. The lowest BCUT2D eigenvalue weighted by Gasteiger charge is -2.15. The van der Waals surface area contributed by atoms with E-state index in [-0.39, 0.29) is 39.6 Å². The predicted molar refractivity (Wildman–Crippen MR) is 216 cm³/mol. The van der Waals surface area contributed by atoms with Gasteiger partial charge in [0.25, 0.3) is 14.7 Å². The monoisotopic (exact) mass is 810 g/mol. The average molecular weight is 811 g/mol. The van der Waals surface area contributed by atoms with Crippen molar-refractivity contribution in [1.82, 2.24) is 0 Å². The minimum atomic E-state index is -3.17. The first-order valence-corrected chi connectivity index (χ1v) is 22.6. The molecule has 0 saturated carbocycles. The molecule has 0 aromatic heterocycles. The number of rotatable bonds is 25. The summed E-state index contributed by atoms with van der Waals surface area (Å²) in [5, 5.41) is 21.0. The van der Waals surface area contributed by atoms with E-state index >= 15 is 0 Å². The van der Waals surface area contributed by atoms with Crippen molar-refractivity contribution in [3.63, 3.8) is 0 Å². The lowest BCUT2D eigenvalue weighted by atomic mass is 10.1. The van der Waals surface area contributed by atoms with Gasteiger partial charge in [0.05, 0.1) is 74.1 Å². The SMILES string of the molecule is CCc1ccc(OCCOCCOCCOc2ccc(CC)cc2Oc2ccc(CC)c3c2P3(=O)OCCO)c(Oc2ccc(CC)c3c2P3(=O)OCCO)c1. The van der Waals surface area contributed by atoms with Crippen molar-refractivity contribution in [2.75, 3.05) is 66.1 Å². The van der Waals surface area contributed by atoms with Gasteiger partial charge in [-0.25, -0.2) is 0 Å². The van der Waals surface area contributed by atoms with E-state index in [0.717, 1.165) is 35.1 Å². The molecular formula is C42H52O12P2. The van der Waals surface area contributed by atoms with E-state index in [1.807, 2.05) is 74.5 Å². The van der Waals surface area contributed by atoms with Crippen LogP contribution in [0.4, 0.5) is 0 Å². The van der Waals surface area contributed by atoms with Crippen LogP contribution < -0.4 is 40.2 Å². The number of hydrogen-bond acceptors (Lipinski definition) is 12. The van der Waals surface area contributed by atoms with E-state index in [0.29, 0.717) is 95.0 Å². The van der Waals surface area contributed by atoms with Gasteiger partial charge >= 0.3 is 0 Å². The van der Waals surface area contributed by atoms with Gasteiger partial charge in [0.15, 0.2) is 23.0 Å². The van der Waals surface area contributed by atoms with Crippen molar-refractivity contribution < 1.29 is 56.8 Å². The minimum absolute atomic E-state index is 0.00951. The van der Waals surface area contributed by atoms with Gasteiger partial charge in [-0.05, 0) is 84.3 Å². The van der Waals surface area contributed by atoms with Gasteiger partial charge in [0.1, 0.15) is 24.7 Å². The molecule has 4 aromatic rings. The van der Waals surface area contributed by atoms with Gasteiger partial charge in [-0.2, -0.15) is 0 Å². The summed E-state index contributed by atoms with van der Waals surface area (Å²) in [4.78, 5) is 0. The van der Waals surface area contributed by atoms with Crippen LogP contribution in [0.3, 0.4) is 0 Å². The Morgan fingerprint density at radius 1 is 0.446 bits per heavy atom. The van der Waals surface area contributed by atoms with Gasteiger partial charge in [0, 0.05) is 0 Å². The van der Waals surface area contributed by atoms with Crippen molar-refractivity contribution >= 4 is 36.0 Å². The number of aliphatic hydroxyl groups excluding tert-OH is 2. The zero-order valence-corrected chi connectivity index (χ0v) is 34.3. The highest BCUT2D eigenvalue weighted by Crippen LogP contribution is 2.61. The maximum absolute atomic E-state index is 13.6. The Morgan fingerprint density at radius 2 is 0.839 bits per heavy atom. The van der Waals surface area contributed by atoms with Crippen LogP contribution in [0, 0.1) is 0 Å². The molecule has 302 valence electrons. The highest BCUT2D eigenvalue weighted by atomic mass is 31.2. The van der Waals surface area contributed by atoms with Crippen molar-refractivity contribution in [2.45, 2.75) is 53.4 Å². The number of aryl methyl sites for hydroxylation is 4. The second-order valence-electron chi connectivity index (χ2n) is 13.2. The van der Waals surface area contributed by atoms with Crippen LogP contribution in [0.2, 0.25) is 0 Å². The number of hydrogen-bond donors (Lipinski definition) is 2. The Morgan fingerprint density at radius 3 is 1.21 bits per heavy atom. The summed E-state index contributed by atoms with van der Waals surface area (Å²) >= 11 is 0. The Labute approximate surface area is 328 Å².